The van der Waals surface area contributed by atoms with E-state index in [0.717, 1.165) is 33.9 Å². The van der Waals surface area contributed by atoms with Crippen molar-refractivity contribution in [1.82, 2.24) is 0 Å². The number of para-hydroxylation sites is 2. The maximum Gasteiger partial charge on any atom is 0.145 e. The first-order chi connectivity index (χ1) is 15.5. The van der Waals surface area contributed by atoms with Gasteiger partial charge in [-0.25, -0.2) is 0 Å². The SMILES string of the molecule is COc1ccc([C@H]2C=C3Nc4ccccc4N[C@@H](c4c(Cl)cccc4Cl)[C@@H]3C(=O)C2)cc1. The molecule has 0 saturated carbocycles. The zero-order valence-corrected chi connectivity index (χ0v) is 19.0. The van der Waals surface area contributed by atoms with Gasteiger partial charge in [0.25, 0.3) is 0 Å². The van der Waals surface area contributed by atoms with Gasteiger partial charge in [0, 0.05) is 33.6 Å². The lowest BCUT2D eigenvalue weighted by molar-refractivity contribution is -0.122. The molecular formula is C26H22Cl2N2O2. The molecule has 3 aromatic carbocycles. The smallest absolute Gasteiger partial charge is 0.145 e. The van der Waals surface area contributed by atoms with Gasteiger partial charge < -0.3 is 15.4 Å². The minimum Gasteiger partial charge on any atom is -0.497 e. The van der Waals surface area contributed by atoms with Gasteiger partial charge in [0.05, 0.1) is 30.4 Å². The normalized spacial score (nSPS) is 21.9. The summed E-state index contributed by atoms with van der Waals surface area (Å²) < 4.78 is 5.28. The molecule has 1 aliphatic carbocycles. The van der Waals surface area contributed by atoms with Crippen LogP contribution in [0.5, 0.6) is 5.75 Å². The Bertz CT molecular complexity index is 1190. The van der Waals surface area contributed by atoms with E-state index >= 15 is 0 Å². The number of methoxy groups -OCH3 is 1. The van der Waals surface area contributed by atoms with Gasteiger partial charge in [-0.15, -0.1) is 0 Å². The number of rotatable bonds is 3. The predicted octanol–water partition coefficient (Wildman–Crippen LogP) is 6.84. The number of ether oxygens (including phenoxy) is 1. The van der Waals surface area contributed by atoms with Crippen molar-refractivity contribution >= 4 is 40.4 Å². The highest BCUT2D eigenvalue weighted by atomic mass is 35.5. The van der Waals surface area contributed by atoms with E-state index < -0.39 is 5.92 Å². The molecule has 162 valence electrons. The highest BCUT2D eigenvalue weighted by molar-refractivity contribution is 6.36. The molecule has 0 bridgehead atoms. The van der Waals surface area contributed by atoms with Gasteiger partial charge in [-0.2, -0.15) is 0 Å². The fourth-order valence-electron chi connectivity index (χ4n) is 4.62. The minimum absolute atomic E-state index is 0.0280. The van der Waals surface area contributed by atoms with Crippen LogP contribution in [0.4, 0.5) is 11.4 Å². The molecule has 0 spiro atoms. The summed E-state index contributed by atoms with van der Waals surface area (Å²) in [4.78, 5) is 13.6. The number of nitrogens with one attached hydrogen (secondary N) is 2. The van der Waals surface area contributed by atoms with Crippen LogP contribution in [0.2, 0.25) is 10.0 Å². The monoisotopic (exact) mass is 464 g/mol. The van der Waals surface area contributed by atoms with Crippen LogP contribution in [-0.4, -0.2) is 12.9 Å². The summed E-state index contributed by atoms with van der Waals surface area (Å²) in [6.45, 7) is 0. The molecule has 0 radical (unpaired) electrons. The van der Waals surface area contributed by atoms with Crippen LogP contribution in [0.1, 0.15) is 29.5 Å². The lowest BCUT2D eigenvalue weighted by atomic mass is 9.76. The van der Waals surface area contributed by atoms with E-state index in [1.54, 1.807) is 7.11 Å². The second kappa shape index (κ2) is 8.53. The molecule has 32 heavy (non-hydrogen) atoms. The zero-order valence-electron chi connectivity index (χ0n) is 17.4. The summed E-state index contributed by atoms with van der Waals surface area (Å²) in [6.07, 6.45) is 2.56. The molecule has 1 heterocycles. The van der Waals surface area contributed by atoms with E-state index in [9.17, 15) is 4.79 Å². The van der Waals surface area contributed by atoms with Gasteiger partial charge in [0.15, 0.2) is 0 Å². The van der Waals surface area contributed by atoms with E-state index in [-0.39, 0.29) is 17.7 Å². The summed E-state index contributed by atoms with van der Waals surface area (Å²) >= 11 is 13.2. The lowest BCUT2D eigenvalue weighted by Gasteiger charge is -2.33. The molecule has 6 heteroatoms. The number of anilines is 2. The Kier molecular flexibility index (Phi) is 5.58. The number of halogens is 2. The molecule has 3 aromatic rings. The van der Waals surface area contributed by atoms with Crippen molar-refractivity contribution in [3.8, 4) is 5.75 Å². The number of carbonyl (C=O) groups is 1. The molecule has 2 N–H and O–H groups in total. The van der Waals surface area contributed by atoms with Gasteiger partial charge in [-0.05, 0) is 42.0 Å². The topological polar surface area (TPSA) is 50.4 Å². The number of allylic oxidation sites excluding steroid dienone is 1. The third-order valence-corrected chi connectivity index (χ3v) is 6.85. The van der Waals surface area contributed by atoms with Crippen LogP contribution in [0.3, 0.4) is 0 Å². The average molecular weight is 465 g/mol. The molecule has 5 rings (SSSR count). The van der Waals surface area contributed by atoms with Crippen LogP contribution in [-0.2, 0) is 4.79 Å². The van der Waals surface area contributed by atoms with Gasteiger partial charge in [0.2, 0.25) is 0 Å². The van der Waals surface area contributed by atoms with Crippen LogP contribution in [0.25, 0.3) is 0 Å². The molecule has 0 fully saturated rings. The average Bonchev–Trinajstić information content (AvgIpc) is 2.96. The highest BCUT2D eigenvalue weighted by Gasteiger charge is 2.41. The first-order valence-electron chi connectivity index (χ1n) is 10.5. The van der Waals surface area contributed by atoms with Crippen LogP contribution in [0, 0.1) is 5.92 Å². The summed E-state index contributed by atoms with van der Waals surface area (Å²) in [6, 6.07) is 20.8. The van der Waals surface area contributed by atoms with Crippen molar-refractivity contribution in [1.29, 1.82) is 0 Å². The largest absolute Gasteiger partial charge is 0.497 e. The Morgan fingerprint density at radius 2 is 1.59 bits per heavy atom. The van der Waals surface area contributed by atoms with E-state index in [2.05, 4.69) is 16.7 Å². The number of benzene rings is 3. The van der Waals surface area contributed by atoms with Gasteiger partial charge in [0.1, 0.15) is 11.5 Å². The van der Waals surface area contributed by atoms with E-state index in [0.29, 0.717) is 16.5 Å². The summed E-state index contributed by atoms with van der Waals surface area (Å²) in [5.41, 5.74) is 4.49. The van der Waals surface area contributed by atoms with Crippen molar-refractivity contribution in [2.75, 3.05) is 17.7 Å². The molecule has 1 aliphatic heterocycles. The van der Waals surface area contributed by atoms with Crippen molar-refractivity contribution in [2.45, 2.75) is 18.4 Å². The standard InChI is InChI=1S/C26H22Cl2N2O2/c1-32-17-11-9-15(10-12-17)16-13-22-25(23(31)14-16)26(24-18(27)5-4-6-19(24)28)30-21-8-3-2-7-20(21)29-22/h2-13,16,25-26,29-30H,14H2,1H3/t16-,25-,26-/m0/s1. The lowest BCUT2D eigenvalue weighted by Crippen LogP contribution is -2.34. The summed E-state index contributed by atoms with van der Waals surface area (Å²) in [5, 5.41) is 8.15. The van der Waals surface area contributed by atoms with Crippen molar-refractivity contribution in [3.05, 3.63) is 99.7 Å². The Hall–Kier alpha value is -2.95. The van der Waals surface area contributed by atoms with E-state index in [1.165, 1.54) is 0 Å². The van der Waals surface area contributed by atoms with Crippen molar-refractivity contribution < 1.29 is 9.53 Å². The van der Waals surface area contributed by atoms with Crippen molar-refractivity contribution in [3.63, 3.8) is 0 Å². The maximum atomic E-state index is 13.6. The fraction of sp³-hybridized carbons (Fsp3) is 0.192. The van der Waals surface area contributed by atoms with E-state index in [1.807, 2.05) is 66.7 Å². The number of Topliss-reactive ketones (excluding diaryl/α,β-unsaturated/α-hetero) is 1. The number of fused-ring (bicyclic) bond motifs is 2. The summed E-state index contributed by atoms with van der Waals surface area (Å²) in [7, 11) is 1.64. The predicted molar refractivity (Wildman–Crippen MR) is 130 cm³/mol. The first-order valence-corrected chi connectivity index (χ1v) is 11.3. The molecule has 2 aliphatic rings. The molecule has 0 aromatic heterocycles. The van der Waals surface area contributed by atoms with E-state index in [4.69, 9.17) is 27.9 Å². The fourth-order valence-corrected chi connectivity index (χ4v) is 5.25. The Labute approximate surface area is 197 Å². The van der Waals surface area contributed by atoms with Gasteiger partial charge >= 0.3 is 0 Å². The molecular weight excluding hydrogens is 443 g/mol. The second-order valence-corrected chi connectivity index (χ2v) is 8.89. The maximum absolute atomic E-state index is 13.6. The van der Waals surface area contributed by atoms with Crippen LogP contribution in [0.15, 0.2) is 78.5 Å². The van der Waals surface area contributed by atoms with Crippen LogP contribution < -0.4 is 15.4 Å². The number of hydrogen-bond donors (Lipinski definition) is 2. The quantitative estimate of drug-likeness (QED) is 0.445. The van der Waals surface area contributed by atoms with Crippen molar-refractivity contribution in [2.24, 2.45) is 5.92 Å². The Morgan fingerprint density at radius 1 is 0.906 bits per heavy atom. The number of ketones is 1. The molecule has 3 atom stereocenters. The Balaban J connectivity index is 1.63. The van der Waals surface area contributed by atoms with Crippen LogP contribution >= 0.6 is 23.2 Å². The molecule has 4 nitrogen and oxygen atoms in total. The third kappa shape index (κ3) is 3.74. The second-order valence-electron chi connectivity index (χ2n) is 8.08. The first kappa shape index (κ1) is 20.9. The molecule has 0 amide bonds. The highest BCUT2D eigenvalue weighted by Crippen LogP contribution is 2.47. The number of hydrogen-bond acceptors (Lipinski definition) is 4. The van der Waals surface area contributed by atoms with Gasteiger partial charge in [-0.3, -0.25) is 4.79 Å². The molecule has 0 unspecified atom stereocenters. The van der Waals surface area contributed by atoms with Gasteiger partial charge in [-0.1, -0.05) is 59.6 Å². The minimum atomic E-state index is -0.436. The zero-order chi connectivity index (χ0) is 22.2. The number of carbonyl (C=O) groups excluding carboxylic acids is 1. The third-order valence-electron chi connectivity index (χ3n) is 6.19. The Morgan fingerprint density at radius 3 is 2.28 bits per heavy atom. The molecule has 0 saturated heterocycles. The summed E-state index contributed by atoms with van der Waals surface area (Å²) in [5.74, 6) is 0.465.